The molecule has 0 radical (unpaired) electrons. The summed E-state index contributed by atoms with van der Waals surface area (Å²) >= 11 is 0. The lowest BCUT2D eigenvalue weighted by Gasteiger charge is -2.09. The van der Waals surface area contributed by atoms with Crippen molar-refractivity contribution in [1.82, 2.24) is 19.9 Å². The summed E-state index contributed by atoms with van der Waals surface area (Å²) in [5.74, 6) is 0.807. The van der Waals surface area contributed by atoms with Crippen molar-refractivity contribution in [3.05, 3.63) is 64.3 Å². The number of aromatic nitrogens is 4. The van der Waals surface area contributed by atoms with Crippen LogP contribution in [-0.4, -0.2) is 19.9 Å². The predicted octanol–water partition coefficient (Wildman–Crippen LogP) is 2.72. The number of nitrogens with zero attached hydrogens (tertiary/aromatic N) is 2. The Balaban J connectivity index is 1.65. The number of aryl methyl sites for hydroxylation is 1. The molecule has 0 atom stereocenters. The Labute approximate surface area is 131 Å². The normalized spacial score (nSPS) is 11.2. The Morgan fingerprint density at radius 2 is 1.96 bits per heavy atom. The lowest BCUT2D eigenvalue weighted by molar-refractivity contribution is 1.10. The van der Waals surface area contributed by atoms with Gasteiger partial charge in [0.15, 0.2) is 0 Å². The first-order valence-electron chi connectivity index (χ1n) is 7.36. The SMILES string of the molecule is Cc1cccc2c(NCc3ccc4[nH]c(=O)[nH]c4c3)ncnc12. The number of anilines is 1. The number of para-hydroxylation sites is 1. The van der Waals surface area contributed by atoms with Gasteiger partial charge in [0, 0.05) is 11.9 Å². The summed E-state index contributed by atoms with van der Waals surface area (Å²) < 4.78 is 0. The van der Waals surface area contributed by atoms with E-state index in [1.165, 1.54) is 0 Å². The molecule has 0 aliphatic rings. The van der Waals surface area contributed by atoms with E-state index in [9.17, 15) is 4.79 Å². The van der Waals surface area contributed by atoms with Gasteiger partial charge in [-0.25, -0.2) is 14.8 Å². The van der Waals surface area contributed by atoms with Crippen LogP contribution < -0.4 is 11.0 Å². The van der Waals surface area contributed by atoms with Crippen LogP contribution in [0.5, 0.6) is 0 Å². The van der Waals surface area contributed by atoms with E-state index in [4.69, 9.17) is 0 Å². The minimum atomic E-state index is -0.192. The zero-order valence-electron chi connectivity index (χ0n) is 12.6. The highest BCUT2D eigenvalue weighted by Crippen LogP contribution is 2.22. The zero-order chi connectivity index (χ0) is 15.8. The Morgan fingerprint density at radius 1 is 1.09 bits per heavy atom. The van der Waals surface area contributed by atoms with Crippen LogP contribution in [0.3, 0.4) is 0 Å². The molecule has 3 N–H and O–H groups in total. The van der Waals surface area contributed by atoms with Crippen LogP contribution >= 0.6 is 0 Å². The van der Waals surface area contributed by atoms with Gasteiger partial charge in [-0.05, 0) is 36.2 Å². The van der Waals surface area contributed by atoms with E-state index < -0.39 is 0 Å². The number of rotatable bonds is 3. The second kappa shape index (κ2) is 5.24. The molecule has 114 valence electrons. The van der Waals surface area contributed by atoms with Gasteiger partial charge in [0.1, 0.15) is 12.1 Å². The molecule has 0 saturated carbocycles. The third-order valence-corrected chi connectivity index (χ3v) is 3.91. The molecule has 2 heterocycles. The molecule has 0 aliphatic carbocycles. The van der Waals surface area contributed by atoms with Crippen LogP contribution in [0.1, 0.15) is 11.1 Å². The molecule has 0 saturated heterocycles. The Morgan fingerprint density at radius 3 is 2.87 bits per heavy atom. The highest BCUT2D eigenvalue weighted by Gasteiger charge is 2.06. The first kappa shape index (κ1) is 13.5. The van der Waals surface area contributed by atoms with Gasteiger partial charge in [-0.15, -0.1) is 0 Å². The summed E-state index contributed by atoms with van der Waals surface area (Å²) in [5.41, 5.74) is 4.56. The van der Waals surface area contributed by atoms with Gasteiger partial charge in [-0.1, -0.05) is 18.2 Å². The summed E-state index contributed by atoms with van der Waals surface area (Å²) in [7, 11) is 0. The molecule has 4 aromatic rings. The molecule has 4 rings (SSSR count). The van der Waals surface area contributed by atoms with Crippen LogP contribution in [0.2, 0.25) is 0 Å². The molecule has 2 aromatic heterocycles. The zero-order valence-corrected chi connectivity index (χ0v) is 12.6. The number of hydrogen-bond acceptors (Lipinski definition) is 4. The van der Waals surface area contributed by atoms with E-state index in [1.54, 1.807) is 6.33 Å². The summed E-state index contributed by atoms with van der Waals surface area (Å²) in [6.07, 6.45) is 1.57. The Kier molecular flexibility index (Phi) is 3.08. The van der Waals surface area contributed by atoms with Crippen molar-refractivity contribution in [3.63, 3.8) is 0 Å². The first-order valence-corrected chi connectivity index (χ1v) is 7.36. The quantitative estimate of drug-likeness (QED) is 0.543. The van der Waals surface area contributed by atoms with Crippen LogP contribution in [0.15, 0.2) is 47.5 Å². The average molecular weight is 305 g/mol. The van der Waals surface area contributed by atoms with Gasteiger partial charge in [-0.2, -0.15) is 0 Å². The van der Waals surface area contributed by atoms with E-state index in [0.29, 0.717) is 6.54 Å². The predicted molar refractivity (Wildman–Crippen MR) is 90.5 cm³/mol. The van der Waals surface area contributed by atoms with E-state index in [-0.39, 0.29) is 5.69 Å². The number of hydrogen-bond donors (Lipinski definition) is 3. The van der Waals surface area contributed by atoms with E-state index in [1.807, 2.05) is 43.3 Å². The van der Waals surface area contributed by atoms with Gasteiger partial charge in [0.2, 0.25) is 0 Å². The van der Waals surface area contributed by atoms with Crippen molar-refractivity contribution in [2.75, 3.05) is 5.32 Å². The molecule has 0 amide bonds. The second-order valence-corrected chi connectivity index (χ2v) is 5.51. The van der Waals surface area contributed by atoms with Gasteiger partial charge >= 0.3 is 5.69 Å². The fraction of sp³-hybridized carbons (Fsp3) is 0.118. The van der Waals surface area contributed by atoms with Crippen LogP contribution in [-0.2, 0) is 6.54 Å². The van der Waals surface area contributed by atoms with Crippen molar-refractivity contribution < 1.29 is 0 Å². The number of benzene rings is 2. The Bertz CT molecular complexity index is 1060. The van der Waals surface area contributed by atoms with Gasteiger partial charge < -0.3 is 15.3 Å². The monoisotopic (exact) mass is 305 g/mol. The molecule has 2 aromatic carbocycles. The fourth-order valence-corrected chi connectivity index (χ4v) is 2.75. The molecule has 0 bridgehead atoms. The number of nitrogens with one attached hydrogen (secondary N) is 3. The molecule has 0 aliphatic heterocycles. The van der Waals surface area contributed by atoms with Gasteiger partial charge in [0.05, 0.1) is 16.6 Å². The molecule has 0 unspecified atom stereocenters. The highest BCUT2D eigenvalue weighted by atomic mass is 16.1. The molecule has 0 fully saturated rings. The van der Waals surface area contributed by atoms with Crippen molar-refractivity contribution in [2.45, 2.75) is 13.5 Å². The maximum Gasteiger partial charge on any atom is 0.323 e. The fourth-order valence-electron chi connectivity index (χ4n) is 2.75. The lowest BCUT2D eigenvalue weighted by Crippen LogP contribution is -2.03. The smallest absolute Gasteiger partial charge is 0.323 e. The van der Waals surface area contributed by atoms with Crippen LogP contribution in [0.4, 0.5) is 5.82 Å². The van der Waals surface area contributed by atoms with Gasteiger partial charge in [-0.3, -0.25) is 0 Å². The molecular formula is C17H15N5O. The molecule has 23 heavy (non-hydrogen) atoms. The van der Waals surface area contributed by atoms with Crippen molar-refractivity contribution in [1.29, 1.82) is 0 Å². The lowest BCUT2D eigenvalue weighted by atomic mass is 10.1. The minimum Gasteiger partial charge on any atom is -0.365 e. The molecule has 0 spiro atoms. The average Bonchev–Trinajstić information content (AvgIpc) is 2.92. The van der Waals surface area contributed by atoms with E-state index in [0.717, 1.165) is 38.9 Å². The summed E-state index contributed by atoms with van der Waals surface area (Å²) in [5, 5.41) is 4.35. The van der Waals surface area contributed by atoms with Crippen molar-refractivity contribution in [2.24, 2.45) is 0 Å². The van der Waals surface area contributed by atoms with E-state index in [2.05, 4.69) is 25.3 Å². The van der Waals surface area contributed by atoms with Crippen LogP contribution in [0.25, 0.3) is 21.9 Å². The third kappa shape index (κ3) is 2.44. The second-order valence-electron chi connectivity index (χ2n) is 5.51. The maximum absolute atomic E-state index is 11.3. The summed E-state index contributed by atoms with van der Waals surface area (Å²) in [6, 6.07) is 11.9. The largest absolute Gasteiger partial charge is 0.365 e. The number of fused-ring (bicyclic) bond motifs is 2. The summed E-state index contributed by atoms with van der Waals surface area (Å²) in [4.78, 5) is 25.5. The number of aromatic amines is 2. The number of imidazole rings is 1. The van der Waals surface area contributed by atoms with Gasteiger partial charge in [0.25, 0.3) is 0 Å². The maximum atomic E-state index is 11.3. The standard InChI is InChI=1S/C17H15N5O/c1-10-3-2-4-12-15(10)19-9-20-16(12)18-8-11-5-6-13-14(7-11)22-17(23)21-13/h2-7,9H,8H2,1H3,(H,18,19,20)(H2,21,22,23). The number of H-pyrrole nitrogens is 2. The summed E-state index contributed by atoms with van der Waals surface area (Å²) in [6.45, 7) is 2.65. The molecule has 6 nitrogen and oxygen atoms in total. The van der Waals surface area contributed by atoms with Crippen molar-refractivity contribution >= 4 is 27.8 Å². The first-order chi connectivity index (χ1) is 11.2. The Hall–Kier alpha value is -3.15. The topological polar surface area (TPSA) is 86.5 Å². The third-order valence-electron chi connectivity index (χ3n) is 3.91. The minimum absolute atomic E-state index is 0.192. The van der Waals surface area contributed by atoms with Crippen LogP contribution in [0, 0.1) is 6.92 Å². The molecule has 6 heteroatoms. The molecular weight excluding hydrogens is 290 g/mol. The highest BCUT2D eigenvalue weighted by molar-refractivity contribution is 5.90. The van der Waals surface area contributed by atoms with Crippen molar-refractivity contribution in [3.8, 4) is 0 Å². The van der Waals surface area contributed by atoms with E-state index >= 15 is 0 Å².